The number of nitrogens with one attached hydrogen (secondary N) is 1. The summed E-state index contributed by atoms with van der Waals surface area (Å²) >= 11 is 0. The van der Waals surface area contributed by atoms with Crippen molar-refractivity contribution in [1.29, 1.82) is 0 Å². The fourth-order valence-corrected chi connectivity index (χ4v) is 2.61. The lowest BCUT2D eigenvalue weighted by Gasteiger charge is -2.42. The lowest BCUT2D eigenvalue weighted by molar-refractivity contribution is 0.0768. The van der Waals surface area contributed by atoms with Gasteiger partial charge >= 0.3 is 0 Å². The van der Waals surface area contributed by atoms with Crippen molar-refractivity contribution in [1.82, 2.24) is 10.2 Å². The zero-order valence-electron chi connectivity index (χ0n) is 12.2. The van der Waals surface area contributed by atoms with Crippen LogP contribution in [0.1, 0.15) is 34.1 Å². The van der Waals surface area contributed by atoms with E-state index in [2.05, 4.69) is 37.9 Å². The first-order valence-corrected chi connectivity index (χ1v) is 7.04. The molecule has 1 saturated heterocycles. The van der Waals surface area contributed by atoms with Crippen LogP contribution in [0.2, 0.25) is 0 Å². The largest absolute Gasteiger partial charge is 0.384 e. The van der Waals surface area contributed by atoms with Crippen molar-refractivity contribution in [3.8, 4) is 0 Å². The minimum Gasteiger partial charge on any atom is -0.384 e. The number of hydrogen-bond acceptors (Lipinski definition) is 3. The molecule has 0 aromatic carbocycles. The van der Waals surface area contributed by atoms with Gasteiger partial charge < -0.3 is 10.1 Å². The molecule has 3 nitrogen and oxygen atoms in total. The highest BCUT2D eigenvalue weighted by atomic mass is 16.5. The average Bonchev–Trinajstić information content (AvgIpc) is 2.31. The molecule has 0 saturated carbocycles. The molecule has 1 rings (SSSR count). The lowest BCUT2D eigenvalue weighted by atomic mass is 9.95. The van der Waals surface area contributed by atoms with Crippen LogP contribution in [0, 0.1) is 11.8 Å². The van der Waals surface area contributed by atoms with Gasteiger partial charge in [-0.15, -0.1) is 0 Å². The van der Waals surface area contributed by atoms with Gasteiger partial charge in [-0.05, 0) is 18.8 Å². The second-order valence-corrected chi connectivity index (χ2v) is 5.76. The minimum atomic E-state index is 0.623. The van der Waals surface area contributed by atoms with Gasteiger partial charge in [0.1, 0.15) is 0 Å². The lowest BCUT2D eigenvalue weighted by Crippen LogP contribution is -2.58. The first-order chi connectivity index (χ1) is 8.08. The summed E-state index contributed by atoms with van der Waals surface area (Å²) in [4.78, 5) is 2.62. The van der Waals surface area contributed by atoms with Crippen LogP contribution in [0.5, 0.6) is 0 Å². The molecule has 0 bridgehead atoms. The van der Waals surface area contributed by atoms with E-state index in [1.807, 2.05) is 0 Å². The van der Waals surface area contributed by atoms with Crippen molar-refractivity contribution in [3.63, 3.8) is 0 Å². The van der Waals surface area contributed by atoms with Crippen molar-refractivity contribution in [3.05, 3.63) is 0 Å². The third-order valence-electron chi connectivity index (χ3n) is 4.06. The molecule has 102 valence electrons. The fourth-order valence-electron chi connectivity index (χ4n) is 2.61. The van der Waals surface area contributed by atoms with Gasteiger partial charge in [0, 0.05) is 45.4 Å². The summed E-state index contributed by atoms with van der Waals surface area (Å²) in [5.41, 5.74) is 0. The van der Waals surface area contributed by atoms with Crippen LogP contribution < -0.4 is 5.32 Å². The molecule has 1 fully saturated rings. The minimum absolute atomic E-state index is 0.623. The highest BCUT2D eigenvalue weighted by Crippen LogP contribution is 2.16. The van der Waals surface area contributed by atoms with Gasteiger partial charge in [-0.3, -0.25) is 4.90 Å². The third-order valence-corrected chi connectivity index (χ3v) is 4.06. The summed E-state index contributed by atoms with van der Waals surface area (Å²) in [7, 11) is 1.79. The van der Waals surface area contributed by atoms with Crippen molar-refractivity contribution in [2.45, 2.75) is 46.2 Å². The number of methoxy groups -OCH3 is 1. The Morgan fingerprint density at radius 2 is 2.12 bits per heavy atom. The Morgan fingerprint density at radius 1 is 1.41 bits per heavy atom. The monoisotopic (exact) mass is 242 g/mol. The highest BCUT2D eigenvalue weighted by molar-refractivity contribution is 4.86. The number of nitrogens with zero attached hydrogens (tertiary/aromatic N) is 1. The van der Waals surface area contributed by atoms with Gasteiger partial charge in [-0.1, -0.05) is 27.2 Å². The molecule has 1 aliphatic heterocycles. The predicted octanol–water partition coefficient (Wildman–Crippen LogP) is 1.98. The second-order valence-electron chi connectivity index (χ2n) is 5.76. The summed E-state index contributed by atoms with van der Waals surface area (Å²) in [5, 5.41) is 3.68. The van der Waals surface area contributed by atoms with E-state index in [9.17, 15) is 0 Å². The molecule has 4 atom stereocenters. The number of rotatable bonds is 6. The predicted molar refractivity (Wildman–Crippen MR) is 73.3 cm³/mol. The summed E-state index contributed by atoms with van der Waals surface area (Å²) in [6, 6.07) is 1.31. The standard InChI is InChI=1S/C14H30N2O/c1-6-12(3)14-9-16(13(4)7-15-14)8-11(2)10-17-5/h11-15H,6-10H2,1-5H3. The number of ether oxygens (including phenoxy) is 1. The Balaban J connectivity index is 2.45. The van der Waals surface area contributed by atoms with Gasteiger partial charge in [0.15, 0.2) is 0 Å². The highest BCUT2D eigenvalue weighted by Gasteiger charge is 2.28. The third kappa shape index (κ3) is 4.57. The van der Waals surface area contributed by atoms with Crippen molar-refractivity contribution < 1.29 is 4.74 Å². The fraction of sp³-hybridized carbons (Fsp3) is 1.00. The number of hydrogen-bond donors (Lipinski definition) is 1. The number of piperazine rings is 1. The van der Waals surface area contributed by atoms with E-state index in [-0.39, 0.29) is 0 Å². The molecule has 0 radical (unpaired) electrons. The van der Waals surface area contributed by atoms with E-state index in [0.717, 1.165) is 25.6 Å². The molecule has 0 aromatic heterocycles. The van der Waals surface area contributed by atoms with Crippen LogP contribution >= 0.6 is 0 Å². The molecule has 0 aliphatic carbocycles. The molecule has 4 unspecified atom stereocenters. The molecular formula is C14H30N2O. The smallest absolute Gasteiger partial charge is 0.0500 e. The Bertz CT molecular complexity index is 210. The summed E-state index contributed by atoms with van der Waals surface area (Å²) in [5.74, 6) is 1.39. The summed E-state index contributed by atoms with van der Waals surface area (Å²) in [6.45, 7) is 13.6. The van der Waals surface area contributed by atoms with E-state index in [1.54, 1.807) is 7.11 Å². The molecule has 1 N–H and O–H groups in total. The summed E-state index contributed by atoms with van der Waals surface area (Å²) < 4.78 is 5.23. The van der Waals surface area contributed by atoms with E-state index in [1.165, 1.54) is 13.0 Å². The zero-order valence-corrected chi connectivity index (χ0v) is 12.2. The maximum absolute atomic E-state index is 5.23. The van der Waals surface area contributed by atoms with Crippen LogP contribution in [0.25, 0.3) is 0 Å². The van der Waals surface area contributed by atoms with E-state index in [0.29, 0.717) is 18.0 Å². The van der Waals surface area contributed by atoms with Crippen LogP contribution in [0.15, 0.2) is 0 Å². The zero-order chi connectivity index (χ0) is 12.8. The van der Waals surface area contributed by atoms with Gasteiger partial charge in [-0.2, -0.15) is 0 Å². The van der Waals surface area contributed by atoms with Gasteiger partial charge in [-0.25, -0.2) is 0 Å². The Hall–Kier alpha value is -0.120. The Kier molecular flexibility index (Phi) is 6.45. The first kappa shape index (κ1) is 14.9. The van der Waals surface area contributed by atoms with Crippen molar-refractivity contribution >= 4 is 0 Å². The molecule has 1 heterocycles. The van der Waals surface area contributed by atoms with Gasteiger partial charge in [0.05, 0.1) is 0 Å². The van der Waals surface area contributed by atoms with E-state index >= 15 is 0 Å². The van der Waals surface area contributed by atoms with Crippen LogP contribution in [-0.4, -0.2) is 50.3 Å². The van der Waals surface area contributed by atoms with Gasteiger partial charge in [0.25, 0.3) is 0 Å². The molecule has 0 aromatic rings. The Labute approximate surface area is 107 Å². The molecule has 17 heavy (non-hydrogen) atoms. The molecule has 0 spiro atoms. The molecule has 0 amide bonds. The van der Waals surface area contributed by atoms with Crippen molar-refractivity contribution in [2.24, 2.45) is 11.8 Å². The average molecular weight is 242 g/mol. The second kappa shape index (κ2) is 7.34. The normalized spacial score (nSPS) is 30.2. The molecule has 3 heteroatoms. The molecular weight excluding hydrogens is 212 g/mol. The first-order valence-electron chi connectivity index (χ1n) is 7.04. The topological polar surface area (TPSA) is 24.5 Å². The van der Waals surface area contributed by atoms with Crippen LogP contribution in [0.4, 0.5) is 0 Å². The quantitative estimate of drug-likeness (QED) is 0.771. The van der Waals surface area contributed by atoms with Crippen LogP contribution in [0.3, 0.4) is 0 Å². The van der Waals surface area contributed by atoms with E-state index < -0.39 is 0 Å². The maximum Gasteiger partial charge on any atom is 0.0500 e. The molecule has 1 aliphatic rings. The maximum atomic E-state index is 5.23. The Morgan fingerprint density at radius 3 is 2.71 bits per heavy atom. The van der Waals surface area contributed by atoms with E-state index in [4.69, 9.17) is 4.74 Å². The summed E-state index contributed by atoms with van der Waals surface area (Å²) in [6.07, 6.45) is 1.26. The van der Waals surface area contributed by atoms with Gasteiger partial charge in [0.2, 0.25) is 0 Å². The van der Waals surface area contributed by atoms with Crippen LogP contribution in [-0.2, 0) is 4.74 Å². The SMILES string of the molecule is CCC(C)C1CN(CC(C)COC)C(C)CN1. The van der Waals surface area contributed by atoms with Crippen molar-refractivity contribution in [2.75, 3.05) is 33.4 Å².